The number of carbonyl (C=O) groups is 3. The second-order valence-electron chi connectivity index (χ2n) is 11.3. The maximum atomic E-state index is 13.3. The molecule has 0 aromatic heterocycles. The second kappa shape index (κ2) is 14.7. The van der Waals surface area contributed by atoms with E-state index in [-0.39, 0.29) is 37.3 Å². The smallest absolute Gasteiger partial charge is 0.239 e. The van der Waals surface area contributed by atoms with Crippen molar-refractivity contribution in [3.63, 3.8) is 0 Å². The van der Waals surface area contributed by atoms with Crippen molar-refractivity contribution in [1.29, 1.82) is 0 Å². The summed E-state index contributed by atoms with van der Waals surface area (Å²) in [5, 5.41) is 3.07. The molecule has 0 unspecified atom stereocenters. The molecule has 2 aromatic rings. The lowest BCUT2D eigenvalue weighted by atomic mass is 10.1. The Hall–Kier alpha value is -3.67. The molecule has 3 amide bonds. The molecule has 0 radical (unpaired) electrons. The molecule has 3 aliphatic heterocycles. The van der Waals surface area contributed by atoms with E-state index in [4.69, 9.17) is 18.9 Å². The third-order valence-electron chi connectivity index (χ3n) is 8.22. The Balaban J connectivity index is 1.39. The highest BCUT2D eigenvalue weighted by Crippen LogP contribution is 2.33. The summed E-state index contributed by atoms with van der Waals surface area (Å²) < 4.78 is 23.3. The molecule has 2 atom stereocenters. The van der Waals surface area contributed by atoms with Crippen LogP contribution in [0.4, 0.5) is 0 Å². The van der Waals surface area contributed by atoms with Crippen LogP contribution in [0.2, 0.25) is 0 Å². The van der Waals surface area contributed by atoms with Gasteiger partial charge in [0.05, 0.1) is 45.6 Å². The number of amides is 3. The van der Waals surface area contributed by atoms with Crippen molar-refractivity contribution in [3.8, 4) is 17.2 Å². The Kier molecular flexibility index (Phi) is 10.5. The average Bonchev–Trinajstić information content (AvgIpc) is 3.67. The fraction of sp³-hybridized carbons (Fsp3) is 0.531. The van der Waals surface area contributed by atoms with Gasteiger partial charge in [-0.3, -0.25) is 19.3 Å². The topological polar surface area (TPSA) is 110 Å². The summed E-state index contributed by atoms with van der Waals surface area (Å²) in [5.41, 5.74) is 1.81. The molecule has 1 N–H and O–H groups in total. The van der Waals surface area contributed by atoms with Crippen molar-refractivity contribution in [2.24, 2.45) is 0 Å². The Bertz CT molecular complexity index is 1280. The summed E-state index contributed by atoms with van der Waals surface area (Å²) in [7, 11) is 3.15. The minimum absolute atomic E-state index is 0.0358. The average molecular weight is 595 g/mol. The molecule has 0 saturated carbocycles. The summed E-state index contributed by atoms with van der Waals surface area (Å²) in [6, 6.07) is 12.8. The fourth-order valence-electron chi connectivity index (χ4n) is 5.83. The van der Waals surface area contributed by atoms with Crippen molar-refractivity contribution in [2.45, 2.75) is 44.4 Å². The summed E-state index contributed by atoms with van der Waals surface area (Å²) in [6.07, 6.45) is 2.49. The molecule has 2 saturated heterocycles. The van der Waals surface area contributed by atoms with Gasteiger partial charge in [-0.25, -0.2) is 0 Å². The van der Waals surface area contributed by atoms with Gasteiger partial charge in [0.2, 0.25) is 17.7 Å². The molecule has 5 rings (SSSR count). The first-order chi connectivity index (χ1) is 20.9. The fourth-order valence-corrected chi connectivity index (χ4v) is 5.83. The standard InChI is InChI=1S/C32H42N4O7/c1-40-15-14-35-20-30(37)33-26-18-36(32(39)21-34-12-3-4-13-34)19-29(26)42-22-24-6-5-7-25(16-24)43-28-17-23(9-11-31(35)38)8-10-27(28)41-2/h5-8,10,16-17,26,29H,3-4,9,11-15,18-22H2,1-2H3,(H,33,37)/t26-,29-/m0/s1. The summed E-state index contributed by atoms with van der Waals surface area (Å²) in [5.74, 6) is 1.34. The maximum absolute atomic E-state index is 13.3. The van der Waals surface area contributed by atoms with E-state index in [1.807, 2.05) is 42.5 Å². The number of rotatable bonds is 6. The predicted molar refractivity (Wildman–Crippen MR) is 159 cm³/mol. The minimum atomic E-state index is -0.408. The highest BCUT2D eigenvalue weighted by atomic mass is 16.5. The lowest BCUT2D eigenvalue weighted by Crippen LogP contribution is -2.49. The molecule has 11 nitrogen and oxygen atoms in total. The van der Waals surface area contributed by atoms with Crippen molar-refractivity contribution >= 4 is 17.7 Å². The van der Waals surface area contributed by atoms with Gasteiger partial charge in [0.1, 0.15) is 5.75 Å². The quantitative estimate of drug-likeness (QED) is 0.543. The molecular weight excluding hydrogens is 552 g/mol. The highest BCUT2D eigenvalue weighted by Gasteiger charge is 2.38. The zero-order valence-electron chi connectivity index (χ0n) is 25.1. The van der Waals surface area contributed by atoms with Gasteiger partial charge in [0.15, 0.2) is 11.5 Å². The molecule has 2 aromatic carbocycles. The molecule has 2 fully saturated rings. The molecule has 0 spiro atoms. The largest absolute Gasteiger partial charge is 0.493 e. The Morgan fingerprint density at radius 2 is 1.86 bits per heavy atom. The zero-order valence-corrected chi connectivity index (χ0v) is 25.1. The van der Waals surface area contributed by atoms with Crippen LogP contribution in [0.3, 0.4) is 0 Å². The van der Waals surface area contributed by atoms with Crippen molar-refractivity contribution in [2.75, 3.05) is 66.6 Å². The monoisotopic (exact) mass is 594 g/mol. The molecule has 232 valence electrons. The van der Waals surface area contributed by atoms with Crippen LogP contribution in [0.15, 0.2) is 42.5 Å². The summed E-state index contributed by atoms with van der Waals surface area (Å²) in [6.45, 7) is 3.74. The number of carbonyl (C=O) groups excluding carboxylic acids is 3. The van der Waals surface area contributed by atoms with Gasteiger partial charge < -0.3 is 34.1 Å². The molecule has 43 heavy (non-hydrogen) atoms. The molecule has 3 aliphatic rings. The van der Waals surface area contributed by atoms with E-state index in [1.54, 1.807) is 19.1 Å². The normalized spacial score (nSPS) is 21.9. The van der Waals surface area contributed by atoms with Gasteiger partial charge in [-0.2, -0.15) is 0 Å². The number of methoxy groups -OCH3 is 2. The Morgan fingerprint density at radius 3 is 2.65 bits per heavy atom. The van der Waals surface area contributed by atoms with Gasteiger partial charge in [-0.15, -0.1) is 0 Å². The van der Waals surface area contributed by atoms with Crippen LogP contribution < -0.4 is 14.8 Å². The van der Waals surface area contributed by atoms with Gasteiger partial charge in [0, 0.05) is 33.2 Å². The van der Waals surface area contributed by atoms with E-state index >= 15 is 0 Å². The van der Waals surface area contributed by atoms with Crippen molar-refractivity contribution < 1.29 is 33.3 Å². The van der Waals surface area contributed by atoms with Crippen LogP contribution in [-0.2, 0) is 36.9 Å². The number of hydrogen-bond donors (Lipinski definition) is 1. The van der Waals surface area contributed by atoms with E-state index in [2.05, 4.69) is 10.2 Å². The number of ether oxygens (including phenoxy) is 4. The van der Waals surface area contributed by atoms with Gasteiger partial charge in [-0.1, -0.05) is 18.2 Å². The van der Waals surface area contributed by atoms with Crippen LogP contribution >= 0.6 is 0 Å². The van der Waals surface area contributed by atoms with E-state index < -0.39 is 12.1 Å². The van der Waals surface area contributed by atoms with Crippen molar-refractivity contribution in [1.82, 2.24) is 20.0 Å². The molecule has 4 bridgehead atoms. The Morgan fingerprint density at radius 1 is 1.02 bits per heavy atom. The van der Waals surface area contributed by atoms with Crippen LogP contribution in [0, 0.1) is 0 Å². The first-order valence-electron chi connectivity index (χ1n) is 15.0. The Labute approximate surface area is 253 Å². The summed E-state index contributed by atoms with van der Waals surface area (Å²) >= 11 is 0. The van der Waals surface area contributed by atoms with Crippen LogP contribution in [-0.4, -0.2) is 111 Å². The number of fused-ring (bicyclic) bond motifs is 5. The number of nitrogens with zero attached hydrogens (tertiary/aromatic N) is 3. The molecule has 11 heteroatoms. The lowest BCUT2D eigenvalue weighted by Gasteiger charge is -2.25. The molecule has 3 heterocycles. The third kappa shape index (κ3) is 8.25. The van der Waals surface area contributed by atoms with E-state index in [0.717, 1.165) is 37.1 Å². The number of aryl methyl sites for hydroxylation is 1. The van der Waals surface area contributed by atoms with E-state index in [1.165, 1.54) is 4.90 Å². The zero-order chi connectivity index (χ0) is 30.2. The van der Waals surface area contributed by atoms with E-state index in [0.29, 0.717) is 56.5 Å². The van der Waals surface area contributed by atoms with Gasteiger partial charge in [-0.05, 0) is 67.7 Å². The van der Waals surface area contributed by atoms with Crippen LogP contribution in [0.25, 0.3) is 0 Å². The van der Waals surface area contributed by atoms with Crippen LogP contribution in [0.5, 0.6) is 17.2 Å². The molecular formula is C32H42N4O7. The van der Waals surface area contributed by atoms with E-state index in [9.17, 15) is 14.4 Å². The molecule has 0 aliphatic carbocycles. The first kappa shape index (κ1) is 30.8. The SMILES string of the molecule is COCCN1CC(=O)N[C@H]2CN(C(=O)CN3CCCC3)C[C@@H]2OCc2cccc(c2)Oc2cc(ccc2OC)CCC1=O. The summed E-state index contributed by atoms with van der Waals surface area (Å²) in [4.78, 5) is 45.2. The third-order valence-corrected chi connectivity index (χ3v) is 8.22. The minimum Gasteiger partial charge on any atom is -0.493 e. The van der Waals surface area contributed by atoms with Crippen LogP contribution in [0.1, 0.15) is 30.4 Å². The highest BCUT2D eigenvalue weighted by molar-refractivity contribution is 5.85. The van der Waals surface area contributed by atoms with Gasteiger partial charge >= 0.3 is 0 Å². The first-order valence-corrected chi connectivity index (χ1v) is 15.0. The predicted octanol–water partition coefficient (Wildman–Crippen LogP) is 2.22. The van der Waals surface area contributed by atoms with Gasteiger partial charge in [0.25, 0.3) is 0 Å². The van der Waals surface area contributed by atoms with Crippen molar-refractivity contribution in [3.05, 3.63) is 53.6 Å². The number of nitrogens with one attached hydrogen (secondary N) is 1. The number of hydrogen-bond acceptors (Lipinski definition) is 8. The number of likely N-dealkylation sites (tertiary alicyclic amines) is 2. The number of benzene rings is 2. The maximum Gasteiger partial charge on any atom is 0.239 e. The second-order valence-corrected chi connectivity index (χ2v) is 11.3. The lowest BCUT2D eigenvalue weighted by molar-refractivity contribution is -0.137.